The number of para-hydroxylation sites is 1. The molecule has 0 spiro atoms. The fourth-order valence-corrected chi connectivity index (χ4v) is 5.83. The van der Waals surface area contributed by atoms with Crippen LogP contribution in [0.3, 0.4) is 0 Å². The number of hydrogen-bond donors (Lipinski definition) is 0. The standard InChI is InChI=1S/C19H18N2O4S2/c22-19(25-16-6-1-4-14-5-2-10-20-18(14)16)15-8-11-21(12-9-15)27(23,24)17-7-3-13-26-17/h1-7,10,13,15H,8-9,11-12H2. The number of piperidine rings is 1. The van der Waals surface area contributed by atoms with Crippen LogP contribution < -0.4 is 4.74 Å². The third kappa shape index (κ3) is 3.60. The molecule has 2 aromatic heterocycles. The molecule has 0 aliphatic carbocycles. The van der Waals surface area contributed by atoms with Crippen molar-refractivity contribution >= 4 is 38.2 Å². The molecule has 6 nitrogen and oxygen atoms in total. The maximum atomic E-state index is 12.6. The normalized spacial score (nSPS) is 16.4. The van der Waals surface area contributed by atoms with Crippen LogP contribution in [-0.2, 0) is 14.8 Å². The molecule has 1 saturated heterocycles. The number of hydrogen-bond acceptors (Lipinski definition) is 6. The monoisotopic (exact) mass is 402 g/mol. The van der Waals surface area contributed by atoms with Gasteiger partial charge in [0.2, 0.25) is 0 Å². The van der Waals surface area contributed by atoms with E-state index in [1.54, 1.807) is 29.8 Å². The smallest absolute Gasteiger partial charge is 0.314 e. The quantitative estimate of drug-likeness (QED) is 0.494. The highest BCUT2D eigenvalue weighted by Gasteiger charge is 2.33. The molecule has 1 aliphatic heterocycles. The number of esters is 1. The highest BCUT2D eigenvalue weighted by molar-refractivity contribution is 7.91. The predicted molar refractivity (Wildman–Crippen MR) is 103 cm³/mol. The number of thiophene rings is 1. The van der Waals surface area contributed by atoms with Gasteiger partial charge in [-0.25, -0.2) is 8.42 Å². The molecule has 0 bridgehead atoms. The molecule has 0 atom stereocenters. The van der Waals surface area contributed by atoms with E-state index in [0.717, 1.165) is 5.39 Å². The molecule has 1 aromatic carbocycles. The number of sulfonamides is 1. The van der Waals surface area contributed by atoms with Gasteiger partial charge in [-0.15, -0.1) is 11.3 Å². The molecule has 0 saturated carbocycles. The molecule has 0 N–H and O–H groups in total. The number of fused-ring (bicyclic) bond motifs is 1. The van der Waals surface area contributed by atoms with Crippen LogP contribution in [0.2, 0.25) is 0 Å². The Labute approximate surface area is 161 Å². The zero-order valence-electron chi connectivity index (χ0n) is 14.4. The first kappa shape index (κ1) is 18.1. The number of nitrogens with zero attached hydrogens (tertiary/aromatic N) is 2. The summed E-state index contributed by atoms with van der Waals surface area (Å²) in [5.41, 5.74) is 0.644. The van der Waals surface area contributed by atoms with Crippen molar-refractivity contribution in [2.24, 2.45) is 5.92 Å². The van der Waals surface area contributed by atoms with Crippen molar-refractivity contribution in [3.05, 3.63) is 54.0 Å². The average molecular weight is 402 g/mol. The molecule has 140 valence electrons. The van der Waals surface area contributed by atoms with Gasteiger partial charge >= 0.3 is 5.97 Å². The van der Waals surface area contributed by atoms with Crippen molar-refractivity contribution in [2.75, 3.05) is 13.1 Å². The van der Waals surface area contributed by atoms with Crippen LogP contribution in [0.4, 0.5) is 0 Å². The first-order chi connectivity index (χ1) is 13.1. The molecule has 4 rings (SSSR count). The largest absolute Gasteiger partial charge is 0.424 e. The van der Waals surface area contributed by atoms with Gasteiger partial charge < -0.3 is 4.74 Å². The minimum Gasteiger partial charge on any atom is -0.424 e. The van der Waals surface area contributed by atoms with E-state index in [-0.39, 0.29) is 11.9 Å². The summed E-state index contributed by atoms with van der Waals surface area (Å²) in [5, 5.41) is 2.65. The Bertz CT molecular complexity index is 1050. The number of ether oxygens (including phenoxy) is 1. The SMILES string of the molecule is O=C(Oc1cccc2cccnc12)C1CCN(S(=O)(=O)c2cccs2)CC1. The fraction of sp³-hybridized carbons (Fsp3) is 0.263. The summed E-state index contributed by atoms with van der Waals surface area (Å²) < 4.78 is 32.5. The van der Waals surface area contributed by atoms with Crippen LogP contribution in [-0.4, -0.2) is 36.8 Å². The van der Waals surface area contributed by atoms with Gasteiger partial charge in [-0.2, -0.15) is 4.31 Å². The van der Waals surface area contributed by atoms with E-state index in [9.17, 15) is 13.2 Å². The van der Waals surface area contributed by atoms with Crippen LogP contribution in [0.25, 0.3) is 10.9 Å². The summed E-state index contributed by atoms with van der Waals surface area (Å²) in [6.07, 6.45) is 2.55. The Kier molecular flexibility index (Phi) is 4.94. The summed E-state index contributed by atoms with van der Waals surface area (Å²) in [6, 6.07) is 12.5. The minimum absolute atomic E-state index is 0.313. The lowest BCUT2D eigenvalue weighted by Gasteiger charge is -2.29. The Morgan fingerprint density at radius 1 is 1.11 bits per heavy atom. The lowest BCUT2D eigenvalue weighted by molar-refractivity contribution is -0.140. The molecule has 0 amide bonds. The summed E-state index contributed by atoms with van der Waals surface area (Å²) >= 11 is 1.21. The van der Waals surface area contributed by atoms with E-state index in [4.69, 9.17) is 4.74 Å². The number of rotatable bonds is 4. The summed E-state index contributed by atoms with van der Waals surface area (Å²) in [6.45, 7) is 0.627. The third-order valence-electron chi connectivity index (χ3n) is 4.68. The van der Waals surface area contributed by atoms with Crippen molar-refractivity contribution in [1.82, 2.24) is 9.29 Å². The summed E-state index contributed by atoms with van der Waals surface area (Å²) in [7, 11) is -3.47. The van der Waals surface area contributed by atoms with E-state index in [2.05, 4.69) is 4.98 Å². The first-order valence-electron chi connectivity index (χ1n) is 8.65. The Balaban J connectivity index is 1.43. The summed E-state index contributed by atoms with van der Waals surface area (Å²) in [5.74, 6) is -0.216. The van der Waals surface area contributed by atoms with E-state index in [1.807, 2.05) is 24.3 Å². The Morgan fingerprint density at radius 2 is 1.89 bits per heavy atom. The second-order valence-electron chi connectivity index (χ2n) is 6.36. The van der Waals surface area contributed by atoms with Crippen molar-refractivity contribution in [2.45, 2.75) is 17.1 Å². The maximum Gasteiger partial charge on any atom is 0.314 e. The van der Waals surface area contributed by atoms with Gasteiger partial charge in [-0.3, -0.25) is 9.78 Å². The van der Waals surface area contributed by atoms with Gasteiger partial charge in [0.05, 0.1) is 5.92 Å². The van der Waals surface area contributed by atoms with Crippen molar-refractivity contribution in [3.63, 3.8) is 0 Å². The number of pyridine rings is 1. The average Bonchev–Trinajstić information content (AvgIpc) is 3.24. The number of carbonyl (C=O) groups excluding carboxylic acids is 1. The van der Waals surface area contributed by atoms with E-state index >= 15 is 0 Å². The predicted octanol–water partition coefficient (Wildman–Crippen LogP) is 3.30. The molecular formula is C19H18N2O4S2. The molecule has 3 aromatic rings. The van der Waals surface area contributed by atoms with Crippen LogP contribution in [0, 0.1) is 5.92 Å². The summed E-state index contributed by atoms with van der Waals surface area (Å²) in [4.78, 5) is 16.9. The van der Waals surface area contributed by atoms with E-state index in [1.165, 1.54) is 15.6 Å². The molecule has 1 aliphatic rings. The van der Waals surface area contributed by atoms with Crippen molar-refractivity contribution in [3.8, 4) is 5.75 Å². The van der Waals surface area contributed by atoms with Gasteiger partial charge in [0, 0.05) is 24.7 Å². The third-order valence-corrected chi connectivity index (χ3v) is 7.95. The minimum atomic E-state index is -3.47. The van der Waals surface area contributed by atoms with Crippen LogP contribution in [0.15, 0.2) is 58.3 Å². The second kappa shape index (κ2) is 7.38. The molecular weight excluding hydrogens is 384 g/mol. The first-order valence-corrected chi connectivity index (χ1v) is 11.0. The molecule has 0 radical (unpaired) electrons. The van der Waals surface area contributed by atoms with E-state index < -0.39 is 10.0 Å². The topological polar surface area (TPSA) is 76.6 Å². The molecule has 3 heterocycles. The molecule has 8 heteroatoms. The zero-order chi connectivity index (χ0) is 18.9. The lowest BCUT2D eigenvalue weighted by atomic mass is 9.98. The fourth-order valence-electron chi connectivity index (χ4n) is 3.22. The molecule has 1 fully saturated rings. The maximum absolute atomic E-state index is 12.6. The Morgan fingerprint density at radius 3 is 2.63 bits per heavy atom. The lowest BCUT2D eigenvalue weighted by Crippen LogP contribution is -2.40. The van der Waals surface area contributed by atoms with Gasteiger partial charge in [0.25, 0.3) is 10.0 Å². The van der Waals surface area contributed by atoms with Crippen LogP contribution in [0.1, 0.15) is 12.8 Å². The molecule has 0 unspecified atom stereocenters. The van der Waals surface area contributed by atoms with E-state index in [0.29, 0.717) is 41.4 Å². The highest BCUT2D eigenvalue weighted by Crippen LogP contribution is 2.29. The second-order valence-corrected chi connectivity index (χ2v) is 9.48. The van der Waals surface area contributed by atoms with Gasteiger partial charge in [-0.1, -0.05) is 24.3 Å². The van der Waals surface area contributed by atoms with Crippen LogP contribution >= 0.6 is 11.3 Å². The van der Waals surface area contributed by atoms with Crippen LogP contribution in [0.5, 0.6) is 5.75 Å². The highest BCUT2D eigenvalue weighted by atomic mass is 32.2. The number of carbonyl (C=O) groups is 1. The van der Waals surface area contributed by atoms with Gasteiger partial charge in [0.15, 0.2) is 5.75 Å². The number of aromatic nitrogens is 1. The zero-order valence-corrected chi connectivity index (χ0v) is 16.1. The number of benzene rings is 1. The molecule has 27 heavy (non-hydrogen) atoms. The van der Waals surface area contributed by atoms with Gasteiger partial charge in [0.1, 0.15) is 9.73 Å². The Hall–Kier alpha value is -2.29. The van der Waals surface area contributed by atoms with Gasteiger partial charge in [-0.05, 0) is 36.4 Å². The van der Waals surface area contributed by atoms with Crippen molar-refractivity contribution in [1.29, 1.82) is 0 Å². The van der Waals surface area contributed by atoms with Crippen molar-refractivity contribution < 1.29 is 17.9 Å².